The van der Waals surface area contributed by atoms with E-state index >= 15 is 0 Å². The van der Waals surface area contributed by atoms with E-state index in [-0.39, 0.29) is 25.7 Å². The Labute approximate surface area is 87.1 Å². The lowest BCUT2D eigenvalue weighted by Gasteiger charge is -2.21. The molecule has 0 aromatic rings. The number of rotatable bonds is 4. The van der Waals surface area contributed by atoms with Crippen molar-refractivity contribution in [2.45, 2.75) is 31.7 Å². The molecule has 0 saturated carbocycles. The molecule has 1 N–H and O–H groups in total. The van der Waals surface area contributed by atoms with Gasteiger partial charge in [0.2, 0.25) is 11.8 Å². The van der Waals surface area contributed by atoms with Crippen molar-refractivity contribution in [3.63, 3.8) is 0 Å². The Morgan fingerprint density at radius 1 is 1.47 bits per heavy atom. The molecule has 0 radical (unpaired) electrons. The largest absolute Gasteiger partial charge is 0.480 e. The molecule has 1 atom stereocenters. The van der Waals surface area contributed by atoms with Gasteiger partial charge in [-0.1, -0.05) is 0 Å². The molecule has 0 aromatic carbocycles. The number of hydrogen-bond acceptors (Lipinski definition) is 3. The first-order valence-electron chi connectivity index (χ1n) is 4.59. The number of carbonyl (C=O) groups excluding carboxylic acids is 2. The molecule has 15 heavy (non-hydrogen) atoms. The second-order valence-corrected chi connectivity index (χ2v) is 3.25. The molecular weight excluding hydrogens is 198 g/mol. The van der Waals surface area contributed by atoms with Crippen molar-refractivity contribution in [1.82, 2.24) is 4.90 Å². The standard InChI is InChI=1S/C10H11NO4/c1-2-3-4-7(10(14)15)11-8(12)5-6-9(11)13/h1,7H,3-6H2,(H,14,15). The third-order valence-electron chi connectivity index (χ3n) is 2.25. The molecule has 1 unspecified atom stereocenters. The number of likely N-dealkylation sites (tertiary alicyclic amines) is 1. The maximum absolute atomic E-state index is 11.3. The van der Waals surface area contributed by atoms with Crippen LogP contribution in [0.25, 0.3) is 0 Å². The van der Waals surface area contributed by atoms with Gasteiger partial charge in [0, 0.05) is 19.3 Å². The summed E-state index contributed by atoms with van der Waals surface area (Å²) in [7, 11) is 0. The lowest BCUT2D eigenvalue weighted by atomic mass is 10.1. The molecule has 1 saturated heterocycles. The fourth-order valence-corrected chi connectivity index (χ4v) is 1.52. The first kappa shape index (κ1) is 11.2. The third-order valence-corrected chi connectivity index (χ3v) is 2.25. The van der Waals surface area contributed by atoms with Gasteiger partial charge < -0.3 is 5.11 Å². The predicted molar refractivity (Wildman–Crippen MR) is 50.6 cm³/mol. The van der Waals surface area contributed by atoms with Crippen molar-refractivity contribution in [2.24, 2.45) is 0 Å². The zero-order chi connectivity index (χ0) is 11.4. The van der Waals surface area contributed by atoms with Crippen LogP contribution in [-0.2, 0) is 14.4 Å². The van der Waals surface area contributed by atoms with Crippen LogP contribution in [0, 0.1) is 12.3 Å². The predicted octanol–water partition coefficient (Wildman–Crippen LogP) is 0.00200. The summed E-state index contributed by atoms with van der Waals surface area (Å²) in [6, 6.07) is -1.11. The molecule has 2 amide bonds. The Bertz CT molecular complexity index is 326. The summed E-state index contributed by atoms with van der Waals surface area (Å²) in [5.74, 6) is 0.254. The Morgan fingerprint density at radius 2 is 2.00 bits per heavy atom. The van der Waals surface area contributed by atoms with Gasteiger partial charge in [-0.2, -0.15) is 0 Å². The highest BCUT2D eigenvalue weighted by Crippen LogP contribution is 2.18. The van der Waals surface area contributed by atoms with Gasteiger partial charge >= 0.3 is 5.97 Å². The van der Waals surface area contributed by atoms with Crippen molar-refractivity contribution in [2.75, 3.05) is 0 Å². The molecule has 1 heterocycles. The number of imide groups is 1. The summed E-state index contributed by atoms with van der Waals surface area (Å²) in [5.41, 5.74) is 0. The summed E-state index contributed by atoms with van der Waals surface area (Å²) >= 11 is 0. The van der Waals surface area contributed by atoms with Crippen molar-refractivity contribution in [1.29, 1.82) is 0 Å². The molecule has 0 aromatic heterocycles. The normalized spacial score (nSPS) is 17.7. The maximum Gasteiger partial charge on any atom is 0.326 e. The van der Waals surface area contributed by atoms with Crippen LogP contribution in [0.5, 0.6) is 0 Å². The van der Waals surface area contributed by atoms with Crippen LogP contribution in [0.3, 0.4) is 0 Å². The lowest BCUT2D eigenvalue weighted by molar-refractivity contribution is -0.154. The number of nitrogens with zero attached hydrogens (tertiary/aromatic N) is 1. The summed E-state index contributed by atoms with van der Waals surface area (Å²) in [5, 5.41) is 8.88. The van der Waals surface area contributed by atoms with Gasteiger partial charge in [0.15, 0.2) is 0 Å². The average Bonchev–Trinajstić information content (AvgIpc) is 2.49. The fraction of sp³-hybridized carbons (Fsp3) is 0.500. The number of aliphatic carboxylic acids is 1. The molecule has 80 valence electrons. The van der Waals surface area contributed by atoms with Crippen LogP contribution in [0.15, 0.2) is 0 Å². The highest BCUT2D eigenvalue weighted by molar-refractivity contribution is 6.04. The zero-order valence-corrected chi connectivity index (χ0v) is 8.10. The quantitative estimate of drug-likeness (QED) is 0.522. The Hall–Kier alpha value is -1.83. The first-order valence-corrected chi connectivity index (χ1v) is 4.59. The van der Waals surface area contributed by atoms with Crippen molar-refractivity contribution < 1.29 is 19.5 Å². The van der Waals surface area contributed by atoms with E-state index in [4.69, 9.17) is 11.5 Å². The minimum Gasteiger partial charge on any atom is -0.480 e. The van der Waals surface area contributed by atoms with Crippen LogP contribution in [0.2, 0.25) is 0 Å². The molecule has 5 nitrogen and oxygen atoms in total. The monoisotopic (exact) mass is 209 g/mol. The molecular formula is C10H11NO4. The number of carbonyl (C=O) groups is 3. The van der Waals surface area contributed by atoms with E-state index < -0.39 is 23.8 Å². The van der Waals surface area contributed by atoms with Crippen molar-refractivity contribution >= 4 is 17.8 Å². The number of carboxylic acid groups (broad SMARTS) is 1. The minimum atomic E-state index is -1.19. The van der Waals surface area contributed by atoms with Gasteiger partial charge in [0.25, 0.3) is 0 Å². The molecule has 0 aliphatic carbocycles. The van der Waals surface area contributed by atoms with Crippen LogP contribution in [-0.4, -0.2) is 33.8 Å². The second kappa shape index (κ2) is 4.60. The Balaban J connectivity index is 2.79. The van der Waals surface area contributed by atoms with Gasteiger partial charge in [-0.3, -0.25) is 14.5 Å². The molecule has 1 fully saturated rings. The highest BCUT2D eigenvalue weighted by atomic mass is 16.4. The fourth-order valence-electron chi connectivity index (χ4n) is 1.52. The van der Waals surface area contributed by atoms with Crippen LogP contribution >= 0.6 is 0 Å². The molecule has 1 rings (SSSR count). The van der Waals surface area contributed by atoms with Crippen LogP contribution in [0.1, 0.15) is 25.7 Å². The second-order valence-electron chi connectivity index (χ2n) is 3.25. The van der Waals surface area contributed by atoms with Gasteiger partial charge in [-0.05, 0) is 6.42 Å². The Kier molecular flexibility index (Phi) is 3.45. The number of hydrogen-bond donors (Lipinski definition) is 1. The molecule has 1 aliphatic heterocycles. The van der Waals surface area contributed by atoms with Crippen LogP contribution in [0.4, 0.5) is 0 Å². The number of amides is 2. The third kappa shape index (κ3) is 2.34. The summed E-state index contributed by atoms with van der Waals surface area (Å²) in [6.07, 6.45) is 5.55. The lowest BCUT2D eigenvalue weighted by Crippen LogP contribution is -2.44. The SMILES string of the molecule is C#CCCC(C(=O)O)N1C(=O)CCC1=O. The van der Waals surface area contributed by atoms with Gasteiger partial charge in [-0.25, -0.2) is 4.79 Å². The van der Waals surface area contributed by atoms with E-state index in [0.717, 1.165) is 4.90 Å². The maximum atomic E-state index is 11.3. The Morgan fingerprint density at radius 3 is 2.40 bits per heavy atom. The molecule has 0 spiro atoms. The van der Waals surface area contributed by atoms with E-state index in [0.29, 0.717) is 0 Å². The van der Waals surface area contributed by atoms with Crippen molar-refractivity contribution in [3.8, 4) is 12.3 Å². The van der Waals surface area contributed by atoms with E-state index in [1.54, 1.807) is 0 Å². The first-order chi connectivity index (χ1) is 7.07. The molecule has 5 heteroatoms. The van der Waals surface area contributed by atoms with Crippen molar-refractivity contribution in [3.05, 3.63) is 0 Å². The van der Waals surface area contributed by atoms with Gasteiger partial charge in [-0.15, -0.1) is 12.3 Å². The molecule has 0 bridgehead atoms. The minimum absolute atomic E-state index is 0.0959. The molecule has 1 aliphatic rings. The van der Waals surface area contributed by atoms with E-state index in [9.17, 15) is 14.4 Å². The topological polar surface area (TPSA) is 74.7 Å². The average molecular weight is 209 g/mol. The smallest absolute Gasteiger partial charge is 0.326 e. The van der Waals surface area contributed by atoms with Crippen LogP contribution < -0.4 is 0 Å². The summed E-state index contributed by atoms with van der Waals surface area (Å²) < 4.78 is 0. The number of terminal acetylenes is 1. The van der Waals surface area contributed by atoms with Gasteiger partial charge in [0.1, 0.15) is 6.04 Å². The summed E-state index contributed by atoms with van der Waals surface area (Å²) in [6.45, 7) is 0. The number of carboxylic acids is 1. The van der Waals surface area contributed by atoms with E-state index in [2.05, 4.69) is 5.92 Å². The summed E-state index contributed by atoms with van der Waals surface area (Å²) in [4.78, 5) is 34.3. The van der Waals surface area contributed by atoms with E-state index in [1.807, 2.05) is 0 Å². The highest BCUT2D eigenvalue weighted by Gasteiger charge is 2.38. The van der Waals surface area contributed by atoms with Gasteiger partial charge in [0.05, 0.1) is 0 Å². The van der Waals surface area contributed by atoms with E-state index in [1.165, 1.54) is 0 Å². The zero-order valence-electron chi connectivity index (χ0n) is 8.10.